The second kappa shape index (κ2) is 5.25. The van der Waals surface area contributed by atoms with Crippen LogP contribution in [0.1, 0.15) is 16.7 Å². The average Bonchev–Trinajstić information content (AvgIpc) is 2.53. The van der Waals surface area contributed by atoms with Crippen molar-refractivity contribution in [3.63, 3.8) is 0 Å². The van der Waals surface area contributed by atoms with Gasteiger partial charge in [0, 0.05) is 11.1 Å². The van der Waals surface area contributed by atoms with Crippen LogP contribution < -0.4 is 14.9 Å². The zero-order valence-corrected chi connectivity index (χ0v) is 11.5. The quantitative estimate of drug-likeness (QED) is 0.930. The van der Waals surface area contributed by atoms with Gasteiger partial charge in [-0.05, 0) is 35.9 Å². The van der Waals surface area contributed by atoms with E-state index in [1.54, 1.807) is 14.2 Å². The van der Waals surface area contributed by atoms with Gasteiger partial charge in [-0.2, -0.15) is 5.10 Å². The van der Waals surface area contributed by atoms with Crippen molar-refractivity contribution in [2.24, 2.45) is 5.10 Å². The van der Waals surface area contributed by atoms with Crippen molar-refractivity contribution in [1.82, 2.24) is 5.43 Å². The molecule has 0 aliphatic carbocycles. The first kappa shape index (κ1) is 12.5. The summed E-state index contributed by atoms with van der Waals surface area (Å²) in [6, 6.07) is 14.0. The molecular weight excluding hydrogens is 252 g/mol. The van der Waals surface area contributed by atoms with Gasteiger partial charge in [-0.15, -0.1) is 0 Å². The van der Waals surface area contributed by atoms with Gasteiger partial charge in [-0.1, -0.05) is 12.1 Å². The Balaban J connectivity index is 2.05. The Labute approximate surface area is 118 Å². The average molecular weight is 268 g/mol. The van der Waals surface area contributed by atoms with Crippen LogP contribution in [0.25, 0.3) is 0 Å². The van der Waals surface area contributed by atoms with Crippen LogP contribution >= 0.6 is 0 Å². The maximum Gasteiger partial charge on any atom is 0.119 e. The molecule has 1 heterocycles. The maximum atomic E-state index is 5.27. The van der Waals surface area contributed by atoms with Crippen LogP contribution in [0.5, 0.6) is 11.5 Å². The molecule has 0 fully saturated rings. The van der Waals surface area contributed by atoms with E-state index in [1.807, 2.05) is 42.5 Å². The van der Waals surface area contributed by atoms with Gasteiger partial charge in [0.05, 0.1) is 26.5 Å². The standard InChI is InChI=1S/C16H16N2O2/c1-19-13-5-3-4-11(8-13)16-15-7-6-14(20-2)9-12(15)10-17-18-16/h3-9,17H,10H2,1-2H3. The number of hydrogen-bond donors (Lipinski definition) is 1. The summed E-state index contributed by atoms with van der Waals surface area (Å²) in [5.41, 5.74) is 7.33. The first-order valence-electron chi connectivity index (χ1n) is 6.44. The van der Waals surface area contributed by atoms with Gasteiger partial charge in [0.1, 0.15) is 11.5 Å². The van der Waals surface area contributed by atoms with E-state index >= 15 is 0 Å². The van der Waals surface area contributed by atoms with Crippen LogP contribution in [0.3, 0.4) is 0 Å². The summed E-state index contributed by atoms with van der Waals surface area (Å²) >= 11 is 0. The Hall–Kier alpha value is -2.49. The second-order valence-electron chi connectivity index (χ2n) is 4.55. The summed E-state index contributed by atoms with van der Waals surface area (Å²) in [6.45, 7) is 0.708. The molecule has 0 atom stereocenters. The Morgan fingerprint density at radius 2 is 1.80 bits per heavy atom. The molecule has 0 saturated heterocycles. The van der Waals surface area contributed by atoms with Crippen molar-refractivity contribution in [1.29, 1.82) is 0 Å². The smallest absolute Gasteiger partial charge is 0.119 e. The number of rotatable bonds is 3. The third kappa shape index (κ3) is 2.20. The Morgan fingerprint density at radius 3 is 2.60 bits per heavy atom. The lowest BCUT2D eigenvalue weighted by Gasteiger charge is -2.19. The molecule has 1 aliphatic heterocycles. The van der Waals surface area contributed by atoms with E-state index in [-0.39, 0.29) is 0 Å². The van der Waals surface area contributed by atoms with Crippen molar-refractivity contribution in [2.75, 3.05) is 14.2 Å². The van der Waals surface area contributed by atoms with Crippen molar-refractivity contribution >= 4 is 5.71 Å². The Morgan fingerprint density at radius 1 is 1.00 bits per heavy atom. The molecule has 1 aliphatic rings. The number of methoxy groups -OCH3 is 2. The fourth-order valence-electron chi connectivity index (χ4n) is 2.33. The van der Waals surface area contributed by atoms with Gasteiger partial charge < -0.3 is 14.9 Å². The number of nitrogens with one attached hydrogen (secondary N) is 1. The topological polar surface area (TPSA) is 42.8 Å². The highest BCUT2D eigenvalue weighted by molar-refractivity contribution is 6.14. The van der Waals surface area contributed by atoms with E-state index in [0.717, 1.165) is 28.3 Å². The third-order valence-electron chi connectivity index (χ3n) is 3.37. The van der Waals surface area contributed by atoms with Crippen LogP contribution in [-0.4, -0.2) is 19.9 Å². The van der Waals surface area contributed by atoms with Crippen LogP contribution in [-0.2, 0) is 6.54 Å². The zero-order chi connectivity index (χ0) is 13.9. The molecular formula is C16H16N2O2. The largest absolute Gasteiger partial charge is 0.497 e. The molecule has 102 valence electrons. The summed E-state index contributed by atoms with van der Waals surface area (Å²) < 4.78 is 10.5. The molecule has 0 radical (unpaired) electrons. The zero-order valence-electron chi connectivity index (χ0n) is 11.5. The second-order valence-corrected chi connectivity index (χ2v) is 4.55. The van der Waals surface area contributed by atoms with Gasteiger partial charge in [-0.3, -0.25) is 0 Å². The van der Waals surface area contributed by atoms with Crippen molar-refractivity contribution in [2.45, 2.75) is 6.54 Å². The van der Waals surface area contributed by atoms with Gasteiger partial charge in [0.2, 0.25) is 0 Å². The summed E-state index contributed by atoms with van der Waals surface area (Å²) in [4.78, 5) is 0. The minimum atomic E-state index is 0.708. The summed E-state index contributed by atoms with van der Waals surface area (Å²) in [6.07, 6.45) is 0. The fraction of sp³-hybridized carbons (Fsp3) is 0.188. The number of ether oxygens (including phenoxy) is 2. The molecule has 20 heavy (non-hydrogen) atoms. The normalized spacial score (nSPS) is 13.0. The minimum absolute atomic E-state index is 0.708. The SMILES string of the molecule is COc1cccc(C2=NNCc3cc(OC)ccc32)c1. The molecule has 0 unspecified atom stereocenters. The molecule has 0 aromatic heterocycles. The van der Waals surface area contributed by atoms with Gasteiger partial charge in [0.25, 0.3) is 0 Å². The summed E-state index contributed by atoms with van der Waals surface area (Å²) in [5.74, 6) is 1.68. The molecule has 0 bridgehead atoms. The van der Waals surface area contributed by atoms with Crippen molar-refractivity contribution < 1.29 is 9.47 Å². The van der Waals surface area contributed by atoms with Gasteiger partial charge in [0.15, 0.2) is 0 Å². The molecule has 3 rings (SSSR count). The highest BCUT2D eigenvalue weighted by Crippen LogP contribution is 2.24. The Bertz CT molecular complexity index is 665. The maximum absolute atomic E-state index is 5.27. The molecule has 4 nitrogen and oxygen atoms in total. The number of fused-ring (bicyclic) bond motifs is 1. The van der Waals surface area contributed by atoms with Crippen LogP contribution in [0.4, 0.5) is 0 Å². The Kier molecular flexibility index (Phi) is 3.29. The number of hydrazone groups is 1. The number of nitrogens with zero attached hydrogens (tertiary/aromatic N) is 1. The number of benzene rings is 2. The monoisotopic (exact) mass is 268 g/mol. The molecule has 1 N–H and O–H groups in total. The first-order chi connectivity index (χ1) is 9.81. The predicted octanol–water partition coefficient (Wildman–Crippen LogP) is 2.56. The fourth-order valence-corrected chi connectivity index (χ4v) is 2.33. The van der Waals surface area contributed by atoms with E-state index in [2.05, 4.69) is 10.5 Å². The lowest BCUT2D eigenvalue weighted by Crippen LogP contribution is -2.21. The molecule has 0 saturated carbocycles. The highest BCUT2D eigenvalue weighted by Gasteiger charge is 2.16. The van der Waals surface area contributed by atoms with E-state index in [1.165, 1.54) is 5.56 Å². The third-order valence-corrected chi connectivity index (χ3v) is 3.37. The van der Waals surface area contributed by atoms with Crippen LogP contribution in [0.15, 0.2) is 47.6 Å². The van der Waals surface area contributed by atoms with Gasteiger partial charge in [-0.25, -0.2) is 0 Å². The van der Waals surface area contributed by atoms with E-state index in [4.69, 9.17) is 9.47 Å². The molecule has 2 aromatic carbocycles. The lowest BCUT2D eigenvalue weighted by atomic mass is 9.96. The van der Waals surface area contributed by atoms with Gasteiger partial charge >= 0.3 is 0 Å². The molecule has 2 aromatic rings. The lowest BCUT2D eigenvalue weighted by molar-refractivity contribution is 0.414. The summed E-state index contributed by atoms with van der Waals surface area (Å²) in [7, 11) is 3.34. The molecule has 4 heteroatoms. The highest BCUT2D eigenvalue weighted by atomic mass is 16.5. The van der Waals surface area contributed by atoms with E-state index in [9.17, 15) is 0 Å². The van der Waals surface area contributed by atoms with E-state index in [0.29, 0.717) is 6.54 Å². The summed E-state index contributed by atoms with van der Waals surface area (Å²) in [5, 5.41) is 4.44. The predicted molar refractivity (Wildman–Crippen MR) is 78.5 cm³/mol. The molecule has 0 spiro atoms. The molecule has 0 amide bonds. The van der Waals surface area contributed by atoms with E-state index < -0.39 is 0 Å². The van der Waals surface area contributed by atoms with Crippen molar-refractivity contribution in [3.8, 4) is 11.5 Å². The van der Waals surface area contributed by atoms with Crippen molar-refractivity contribution in [3.05, 3.63) is 59.2 Å². The first-order valence-corrected chi connectivity index (χ1v) is 6.44. The minimum Gasteiger partial charge on any atom is -0.497 e. The number of hydrogen-bond acceptors (Lipinski definition) is 4. The van der Waals surface area contributed by atoms with Crippen LogP contribution in [0, 0.1) is 0 Å². The van der Waals surface area contributed by atoms with Crippen LogP contribution in [0.2, 0.25) is 0 Å².